The van der Waals surface area contributed by atoms with Gasteiger partial charge in [0.2, 0.25) is 5.89 Å². The average molecular weight is 361 g/mol. The zero-order chi connectivity index (χ0) is 18.3. The third-order valence-electron chi connectivity index (χ3n) is 4.79. The third-order valence-corrected chi connectivity index (χ3v) is 4.79. The third kappa shape index (κ3) is 3.55. The molecule has 26 heavy (non-hydrogen) atoms. The predicted molar refractivity (Wildman–Crippen MR) is 90.5 cm³/mol. The monoisotopic (exact) mass is 361 g/mol. The van der Waals surface area contributed by atoms with E-state index in [2.05, 4.69) is 25.8 Å². The van der Waals surface area contributed by atoms with E-state index in [-0.39, 0.29) is 18.2 Å². The molecule has 2 fully saturated rings. The van der Waals surface area contributed by atoms with Crippen molar-refractivity contribution in [3.63, 3.8) is 0 Å². The summed E-state index contributed by atoms with van der Waals surface area (Å²) in [6.45, 7) is 7.11. The molecule has 140 valence electrons. The van der Waals surface area contributed by atoms with Crippen LogP contribution in [0.25, 0.3) is 0 Å². The molecule has 2 amide bonds. The Hall–Kier alpha value is -2.49. The number of carbonyl (C=O) groups is 1. The minimum Gasteiger partial charge on any atom is -0.371 e. The molecule has 1 N–H and O–H groups in total. The number of hydrogen-bond donors (Lipinski definition) is 1. The molecule has 2 aromatic rings. The largest absolute Gasteiger partial charge is 0.371 e. The van der Waals surface area contributed by atoms with Gasteiger partial charge in [-0.15, -0.1) is 5.10 Å². The normalized spacial score (nSPS) is 23.3. The van der Waals surface area contributed by atoms with E-state index in [1.165, 1.54) is 12.8 Å². The smallest absolute Gasteiger partial charge is 0.323 e. The summed E-state index contributed by atoms with van der Waals surface area (Å²) in [5, 5.41) is 14.9. The summed E-state index contributed by atoms with van der Waals surface area (Å²) in [6.07, 6.45) is 2.56. The van der Waals surface area contributed by atoms with Crippen molar-refractivity contribution >= 4 is 11.8 Å². The first-order valence-electron chi connectivity index (χ1n) is 8.90. The van der Waals surface area contributed by atoms with Crippen LogP contribution in [0.4, 0.5) is 10.6 Å². The summed E-state index contributed by atoms with van der Waals surface area (Å²) in [7, 11) is 0. The first-order valence-corrected chi connectivity index (χ1v) is 8.90. The van der Waals surface area contributed by atoms with E-state index in [9.17, 15) is 4.79 Å². The van der Waals surface area contributed by atoms with Gasteiger partial charge in [-0.25, -0.2) is 9.48 Å². The number of nitrogens with one attached hydrogen (secondary N) is 1. The number of amides is 2. The van der Waals surface area contributed by atoms with Crippen LogP contribution >= 0.6 is 0 Å². The van der Waals surface area contributed by atoms with Crippen LogP contribution in [0, 0.1) is 19.8 Å². The fourth-order valence-electron chi connectivity index (χ4n) is 3.23. The number of carbonyl (C=O) groups excluding carboxylic acids is 1. The molecule has 4 rings (SSSR count). The van der Waals surface area contributed by atoms with Crippen molar-refractivity contribution in [3.05, 3.63) is 17.4 Å². The second kappa shape index (κ2) is 6.67. The van der Waals surface area contributed by atoms with E-state index in [1.54, 1.807) is 16.5 Å². The Morgan fingerprint density at radius 1 is 1.31 bits per heavy atom. The Balaban J connectivity index is 1.41. The van der Waals surface area contributed by atoms with Gasteiger partial charge in [0.15, 0.2) is 11.6 Å². The zero-order valence-corrected chi connectivity index (χ0v) is 15.2. The molecule has 0 bridgehead atoms. The average Bonchev–Trinajstić information content (AvgIpc) is 3.31. The van der Waals surface area contributed by atoms with Gasteiger partial charge in [-0.1, -0.05) is 10.4 Å². The lowest BCUT2D eigenvalue weighted by atomic mass is 10.1. The highest BCUT2D eigenvalue weighted by Gasteiger charge is 2.38. The molecule has 10 nitrogen and oxygen atoms in total. The second-order valence-electron chi connectivity index (χ2n) is 7.07. The zero-order valence-electron chi connectivity index (χ0n) is 15.2. The molecule has 1 saturated carbocycles. The van der Waals surface area contributed by atoms with Crippen molar-refractivity contribution in [1.29, 1.82) is 0 Å². The van der Waals surface area contributed by atoms with E-state index < -0.39 is 0 Å². The molecule has 1 aliphatic heterocycles. The summed E-state index contributed by atoms with van der Waals surface area (Å²) in [6, 6.07) is -0.170. The Morgan fingerprint density at radius 2 is 2.12 bits per heavy atom. The summed E-state index contributed by atoms with van der Waals surface area (Å²) < 4.78 is 12.6. The number of aromatic nitrogens is 5. The molecule has 2 unspecified atom stereocenters. The van der Waals surface area contributed by atoms with Crippen LogP contribution in [-0.4, -0.2) is 61.4 Å². The van der Waals surface area contributed by atoms with Crippen molar-refractivity contribution in [1.82, 2.24) is 30.0 Å². The summed E-state index contributed by atoms with van der Waals surface area (Å²) >= 11 is 0. The van der Waals surface area contributed by atoms with E-state index >= 15 is 0 Å². The molecule has 1 aliphatic carbocycles. The van der Waals surface area contributed by atoms with Gasteiger partial charge in [-0.2, -0.15) is 4.98 Å². The highest BCUT2D eigenvalue weighted by atomic mass is 16.5. The maximum Gasteiger partial charge on any atom is 0.323 e. The van der Waals surface area contributed by atoms with Gasteiger partial charge in [-0.05, 0) is 32.6 Å². The van der Waals surface area contributed by atoms with Crippen LogP contribution in [0.3, 0.4) is 0 Å². The SMILES string of the molecule is Cc1nc(Cn2nnc(NC(=O)N3CC(C)OC(C4CC4)C3)c2C)no1. The molecule has 0 aromatic carbocycles. The van der Waals surface area contributed by atoms with Crippen molar-refractivity contribution in [2.24, 2.45) is 5.92 Å². The topological polar surface area (TPSA) is 111 Å². The van der Waals surface area contributed by atoms with Crippen molar-refractivity contribution < 1.29 is 14.1 Å². The molecule has 0 radical (unpaired) electrons. The lowest BCUT2D eigenvalue weighted by molar-refractivity contribution is -0.0717. The number of morpholine rings is 1. The number of nitrogens with zero attached hydrogens (tertiary/aromatic N) is 6. The molecule has 3 heterocycles. The molecule has 0 spiro atoms. The second-order valence-corrected chi connectivity index (χ2v) is 7.07. The minimum atomic E-state index is -0.170. The quantitative estimate of drug-likeness (QED) is 0.875. The highest BCUT2D eigenvalue weighted by molar-refractivity contribution is 5.88. The number of anilines is 1. The first kappa shape index (κ1) is 17.0. The van der Waals surface area contributed by atoms with E-state index in [1.807, 2.05) is 13.8 Å². The van der Waals surface area contributed by atoms with Gasteiger partial charge >= 0.3 is 6.03 Å². The van der Waals surface area contributed by atoms with Crippen molar-refractivity contribution in [3.8, 4) is 0 Å². The van der Waals surface area contributed by atoms with Crippen LogP contribution in [0.5, 0.6) is 0 Å². The van der Waals surface area contributed by atoms with E-state index in [0.29, 0.717) is 43.1 Å². The fraction of sp³-hybridized carbons (Fsp3) is 0.688. The van der Waals surface area contributed by atoms with Crippen LogP contribution in [0.15, 0.2) is 4.52 Å². The predicted octanol–water partition coefficient (Wildman–Crippen LogP) is 1.36. The van der Waals surface area contributed by atoms with Gasteiger partial charge in [0.05, 0.1) is 17.9 Å². The van der Waals surface area contributed by atoms with E-state index in [0.717, 1.165) is 5.69 Å². The number of urea groups is 1. The molecule has 1 saturated heterocycles. The van der Waals surface area contributed by atoms with Crippen molar-refractivity contribution in [2.75, 3.05) is 18.4 Å². The molecule has 2 aromatic heterocycles. The van der Waals surface area contributed by atoms with Crippen LogP contribution in [0.1, 0.15) is 37.2 Å². The van der Waals surface area contributed by atoms with Gasteiger partial charge < -0.3 is 14.2 Å². The van der Waals surface area contributed by atoms with E-state index in [4.69, 9.17) is 9.26 Å². The van der Waals surface area contributed by atoms with Gasteiger partial charge in [-0.3, -0.25) is 5.32 Å². The van der Waals surface area contributed by atoms with Crippen LogP contribution in [0.2, 0.25) is 0 Å². The Kier molecular flexibility index (Phi) is 4.35. The van der Waals surface area contributed by atoms with Gasteiger partial charge in [0.25, 0.3) is 0 Å². The number of rotatable bonds is 4. The minimum absolute atomic E-state index is 0.0401. The standard InChI is InChI=1S/C16H23N7O3/c1-9-6-22(7-13(25-9)12-4-5-12)16(24)18-15-10(2)23(21-19-15)8-14-17-11(3)26-20-14/h9,12-13H,4-8H2,1-3H3,(H,18,24). The number of ether oxygens (including phenoxy) is 1. The molecular formula is C16H23N7O3. The number of aryl methyl sites for hydroxylation is 1. The summed E-state index contributed by atoms with van der Waals surface area (Å²) in [5.41, 5.74) is 0.737. The maximum atomic E-state index is 12.7. The van der Waals surface area contributed by atoms with Crippen LogP contribution in [-0.2, 0) is 11.3 Å². The lowest BCUT2D eigenvalue weighted by Gasteiger charge is -2.36. The maximum absolute atomic E-state index is 12.7. The Labute approximate surface area is 150 Å². The molecule has 10 heteroatoms. The lowest BCUT2D eigenvalue weighted by Crippen LogP contribution is -2.51. The summed E-state index contributed by atoms with van der Waals surface area (Å²) in [4.78, 5) is 18.6. The van der Waals surface area contributed by atoms with Gasteiger partial charge in [0, 0.05) is 20.0 Å². The highest BCUT2D eigenvalue weighted by Crippen LogP contribution is 2.36. The first-order chi connectivity index (χ1) is 12.5. The van der Waals surface area contributed by atoms with Crippen molar-refractivity contribution in [2.45, 2.75) is 52.4 Å². The number of hydrogen-bond acceptors (Lipinski definition) is 7. The molecule has 2 aliphatic rings. The molecular weight excluding hydrogens is 338 g/mol. The van der Waals surface area contributed by atoms with Crippen LogP contribution < -0.4 is 5.32 Å². The Morgan fingerprint density at radius 3 is 2.81 bits per heavy atom. The summed E-state index contributed by atoms with van der Waals surface area (Å²) in [5.74, 6) is 2.05. The van der Waals surface area contributed by atoms with Gasteiger partial charge in [0.1, 0.15) is 6.54 Å². The Bertz CT molecular complexity index is 798. The molecule has 2 atom stereocenters. The fourth-order valence-corrected chi connectivity index (χ4v) is 3.23.